The molecule has 1 aromatic carbocycles. The number of aliphatic hydroxyl groups excluding tert-OH is 1. The predicted molar refractivity (Wildman–Crippen MR) is 78.0 cm³/mol. The average Bonchev–Trinajstić information content (AvgIpc) is 2.91. The largest absolute Gasteiger partial charge is 0.388 e. The van der Waals surface area contributed by atoms with Gasteiger partial charge in [0, 0.05) is 11.1 Å². The van der Waals surface area contributed by atoms with E-state index in [1.165, 1.54) is 25.7 Å². The fraction of sp³-hybridized carbons (Fsp3) is 0.471. The van der Waals surface area contributed by atoms with Crippen LogP contribution in [0.3, 0.4) is 0 Å². The predicted octanol–water partition coefficient (Wildman–Crippen LogP) is 4.16. The minimum absolute atomic E-state index is 0.325. The van der Waals surface area contributed by atoms with Gasteiger partial charge >= 0.3 is 0 Å². The zero-order valence-electron chi connectivity index (χ0n) is 11.5. The first kappa shape index (κ1) is 12.6. The van der Waals surface area contributed by atoms with E-state index < -0.39 is 0 Å². The molecule has 3 rings (SSSR count). The molecule has 1 aliphatic carbocycles. The molecule has 1 unspecified atom stereocenters. The average molecular weight is 255 g/mol. The normalized spacial score (nSPS) is 18.0. The summed E-state index contributed by atoms with van der Waals surface area (Å²) in [5.74, 6) is 0.710. The first-order chi connectivity index (χ1) is 9.22. The molecule has 0 amide bonds. The number of aryl methyl sites for hydroxylation is 1. The van der Waals surface area contributed by atoms with Gasteiger partial charge in [-0.2, -0.15) is 0 Å². The maximum absolute atomic E-state index is 10.4. The quantitative estimate of drug-likeness (QED) is 0.893. The summed E-state index contributed by atoms with van der Waals surface area (Å²) < 4.78 is 0. The van der Waals surface area contributed by atoms with E-state index in [4.69, 9.17) is 0 Å². The van der Waals surface area contributed by atoms with Gasteiger partial charge in [0.1, 0.15) is 0 Å². The number of nitrogens with zero attached hydrogens (tertiary/aromatic N) is 1. The zero-order valence-corrected chi connectivity index (χ0v) is 11.5. The molecule has 1 atom stereocenters. The Morgan fingerprint density at radius 3 is 2.79 bits per heavy atom. The van der Waals surface area contributed by atoms with Gasteiger partial charge in [-0.05, 0) is 43.0 Å². The molecule has 1 heterocycles. The van der Waals surface area contributed by atoms with Crippen LogP contribution in [0.25, 0.3) is 10.9 Å². The van der Waals surface area contributed by atoms with Gasteiger partial charge in [0.05, 0.1) is 11.6 Å². The Morgan fingerprint density at radius 2 is 2.00 bits per heavy atom. The molecule has 0 saturated heterocycles. The highest BCUT2D eigenvalue weighted by atomic mass is 16.3. The number of pyridine rings is 1. The number of hydrogen-bond donors (Lipinski definition) is 1. The van der Waals surface area contributed by atoms with Gasteiger partial charge in [-0.15, -0.1) is 0 Å². The molecule has 0 aliphatic heterocycles. The molecule has 2 aromatic rings. The van der Waals surface area contributed by atoms with E-state index in [1.54, 1.807) is 0 Å². The second-order valence-electron chi connectivity index (χ2n) is 5.81. The summed E-state index contributed by atoms with van der Waals surface area (Å²) >= 11 is 0. The summed E-state index contributed by atoms with van der Waals surface area (Å²) in [6, 6.07) is 10.2. The minimum atomic E-state index is -0.325. The van der Waals surface area contributed by atoms with E-state index in [0.29, 0.717) is 5.92 Å². The summed E-state index contributed by atoms with van der Waals surface area (Å²) in [7, 11) is 0. The Kier molecular flexibility index (Phi) is 3.52. The van der Waals surface area contributed by atoms with E-state index >= 15 is 0 Å². The van der Waals surface area contributed by atoms with Gasteiger partial charge in [-0.1, -0.05) is 37.8 Å². The topological polar surface area (TPSA) is 33.1 Å². The maximum Gasteiger partial charge on any atom is 0.0792 e. The van der Waals surface area contributed by atoms with Crippen LogP contribution in [0.2, 0.25) is 0 Å². The first-order valence-corrected chi connectivity index (χ1v) is 7.28. The van der Waals surface area contributed by atoms with Crippen molar-refractivity contribution in [2.24, 2.45) is 5.92 Å². The summed E-state index contributed by atoms with van der Waals surface area (Å²) in [5.41, 5.74) is 3.08. The van der Waals surface area contributed by atoms with Gasteiger partial charge in [-0.25, -0.2) is 0 Å². The third-order valence-corrected chi connectivity index (χ3v) is 4.27. The molecule has 1 N–H and O–H groups in total. The monoisotopic (exact) mass is 255 g/mol. The Bertz CT molecular complexity index is 572. The molecule has 19 heavy (non-hydrogen) atoms. The van der Waals surface area contributed by atoms with Crippen molar-refractivity contribution in [3.05, 3.63) is 41.6 Å². The van der Waals surface area contributed by atoms with Crippen LogP contribution in [0, 0.1) is 12.8 Å². The lowest BCUT2D eigenvalue weighted by molar-refractivity contribution is 0.145. The fourth-order valence-corrected chi connectivity index (χ4v) is 3.15. The van der Waals surface area contributed by atoms with Crippen molar-refractivity contribution in [2.45, 2.75) is 45.1 Å². The molecule has 2 heteroatoms. The Labute approximate surface area is 114 Å². The number of benzene rings is 1. The number of hydrogen-bond acceptors (Lipinski definition) is 2. The van der Waals surface area contributed by atoms with Crippen molar-refractivity contribution in [1.82, 2.24) is 4.98 Å². The molecular weight excluding hydrogens is 234 g/mol. The summed E-state index contributed by atoms with van der Waals surface area (Å²) in [5, 5.41) is 11.5. The SMILES string of the molecule is Cc1ccc2cc(C(O)CC3CCCC3)ccc2n1. The standard InChI is InChI=1S/C17H21NO/c1-12-6-7-14-11-15(8-9-16(14)18-12)17(19)10-13-4-2-3-5-13/h6-9,11,13,17,19H,2-5,10H2,1H3. The summed E-state index contributed by atoms with van der Waals surface area (Å²) in [6.07, 6.45) is 5.81. The highest BCUT2D eigenvalue weighted by Crippen LogP contribution is 2.33. The Morgan fingerprint density at radius 1 is 1.21 bits per heavy atom. The van der Waals surface area contributed by atoms with E-state index in [2.05, 4.69) is 17.1 Å². The van der Waals surface area contributed by atoms with Crippen LogP contribution in [0.1, 0.15) is 49.5 Å². The molecule has 0 radical (unpaired) electrons. The third-order valence-electron chi connectivity index (χ3n) is 4.27. The third kappa shape index (κ3) is 2.79. The van der Waals surface area contributed by atoms with Crippen LogP contribution in [0.4, 0.5) is 0 Å². The van der Waals surface area contributed by atoms with Crippen molar-refractivity contribution < 1.29 is 5.11 Å². The van der Waals surface area contributed by atoms with E-state index in [1.807, 2.05) is 25.1 Å². The van der Waals surface area contributed by atoms with Gasteiger partial charge < -0.3 is 5.11 Å². The Hall–Kier alpha value is -1.41. The first-order valence-electron chi connectivity index (χ1n) is 7.28. The van der Waals surface area contributed by atoms with Crippen LogP contribution in [0.5, 0.6) is 0 Å². The maximum atomic E-state index is 10.4. The summed E-state index contributed by atoms with van der Waals surface area (Å²) in [4.78, 5) is 4.50. The lowest BCUT2D eigenvalue weighted by atomic mass is 9.95. The van der Waals surface area contributed by atoms with Gasteiger partial charge in [0.2, 0.25) is 0 Å². The molecular formula is C17H21NO. The van der Waals surface area contributed by atoms with Crippen molar-refractivity contribution in [3.63, 3.8) is 0 Å². The molecule has 1 saturated carbocycles. The van der Waals surface area contributed by atoms with Crippen LogP contribution in [-0.4, -0.2) is 10.1 Å². The molecule has 1 aliphatic rings. The van der Waals surface area contributed by atoms with E-state index in [0.717, 1.165) is 28.6 Å². The van der Waals surface area contributed by atoms with Crippen LogP contribution >= 0.6 is 0 Å². The van der Waals surface area contributed by atoms with Crippen LogP contribution < -0.4 is 0 Å². The molecule has 1 aromatic heterocycles. The Balaban J connectivity index is 1.81. The highest BCUT2D eigenvalue weighted by Gasteiger charge is 2.19. The van der Waals surface area contributed by atoms with E-state index in [9.17, 15) is 5.11 Å². The zero-order chi connectivity index (χ0) is 13.2. The van der Waals surface area contributed by atoms with Crippen molar-refractivity contribution in [1.29, 1.82) is 0 Å². The lowest BCUT2D eigenvalue weighted by Gasteiger charge is -2.16. The van der Waals surface area contributed by atoms with Gasteiger partial charge in [0.25, 0.3) is 0 Å². The summed E-state index contributed by atoms with van der Waals surface area (Å²) in [6.45, 7) is 2.00. The second-order valence-corrected chi connectivity index (χ2v) is 5.81. The molecule has 0 bridgehead atoms. The van der Waals surface area contributed by atoms with Crippen molar-refractivity contribution >= 4 is 10.9 Å². The van der Waals surface area contributed by atoms with Gasteiger partial charge in [0.15, 0.2) is 0 Å². The number of fused-ring (bicyclic) bond motifs is 1. The van der Waals surface area contributed by atoms with E-state index in [-0.39, 0.29) is 6.10 Å². The molecule has 1 fully saturated rings. The van der Waals surface area contributed by atoms with Crippen molar-refractivity contribution in [2.75, 3.05) is 0 Å². The smallest absolute Gasteiger partial charge is 0.0792 e. The second kappa shape index (κ2) is 5.30. The van der Waals surface area contributed by atoms with Gasteiger partial charge in [-0.3, -0.25) is 4.98 Å². The number of aromatic nitrogens is 1. The molecule has 2 nitrogen and oxygen atoms in total. The van der Waals surface area contributed by atoms with Crippen molar-refractivity contribution in [3.8, 4) is 0 Å². The minimum Gasteiger partial charge on any atom is -0.388 e. The fourth-order valence-electron chi connectivity index (χ4n) is 3.15. The van der Waals surface area contributed by atoms with Crippen LogP contribution in [0.15, 0.2) is 30.3 Å². The lowest BCUT2D eigenvalue weighted by Crippen LogP contribution is -2.04. The van der Waals surface area contributed by atoms with Crippen LogP contribution in [-0.2, 0) is 0 Å². The number of aliphatic hydroxyl groups is 1. The number of rotatable bonds is 3. The molecule has 0 spiro atoms. The molecule has 100 valence electrons. The highest BCUT2D eigenvalue weighted by molar-refractivity contribution is 5.79.